The van der Waals surface area contributed by atoms with Crippen LogP contribution in [0.2, 0.25) is 0 Å². The maximum absolute atomic E-state index is 12.5. The minimum absolute atomic E-state index is 0.0755. The molecule has 0 spiro atoms. The van der Waals surface area contributed by atoms with Crippen molar-refractivity contribution in [1.82, 2.24) is 20.1 Å². The highest BCUT2D eigenvalue weighted by Crippen LogP contribution is 2.25. The molecule has 0 unspecified atom stereocenters. The number of nitrogens with one attached hydrogen (secondary N) is 1. The van der Waals surface area contributed by atoms with Gasteiger partial charge in [0.1, 0.15) is 17.0 Å². The minimum Gasteiger partial charge on any atom is -0.497 e. The topological polar surface area (TPSA) is 93.0 Å². The van der Waals surface area contributed by atoms with Gasteiger partial charge >= 0.3 is 0 Å². The Morgan fingerprint density at radius 2 is 1.87 bits per heavy atom. The molecule has 1 amide bonds. The van der Waals surface area contributed by atoms with Gasteiger partial charge in [0.15, 0.2) is 5.52 Å². The minimum atomic E-state index is -0.0755. The number of nitrogens with zero attached hydrogens (tertiary/aromatic N) is 4. The molecule has 0 atom stereocenters. The first kappa shape index (κ1) is 20.1. The average Bonchev–Trinajstić information content (AvgIpc) is 3.25. The summed E-state index contributed by atoms with van der Waals surface area (Å²) in [6.07, 6.45) is 0. The number of benzene rings is 2. The SMILES string of the molecule is COc1ccc(OC)c(CN2CCN(CC(=O)Nc3cccc4nonc34)CC2)c1. The number of piperazine rings is 1. The van der Waals surface area contributed by atoms with Crippen molar-refractivity contribution in [3.05, 3.63) is 42.0 Å². The van der Waals surface area contributed by atoms with Gasteiger partial charge in [0.25, 0.3) is 0 Å². The summed E-state index contributed by atoms with van der Waals surface area (Å²) in [6.45, 7) is 4.48. The fraction of sp³-hybridized carbons (Fsp3) is 0.381. The van der Waals surface area contributed by atoms with E-state index < -0.39 is 0 Å². The predicted octanol–water partition coefficient (Wildman–Crippen LogP) is 2.00. The monoisotopic (exact) mass is 411 g/mol. The standard InChI is InChI=1S/C21H25N5O4/c1-28-16-6-7-19(29-2)15(12-16)13-25-8-10-26(11-9-25)14-20(27)22-17-4-3-5-18-21(17)24-30-23-18/h3-7,12H,8-11,13-14H2,1-2H3,(H,22,27). The lowest BCUT2D eigenvalue weighted by molar-refractivity contribution is -0.117. The zero-order valence-corrected chi connectivity index (χ0v) is 17.1. The Bertz CT molecular complexity index is 1010. The van der Waals surface area contributed by atoms with E-state index in [0.717, 1.165) is 49.8 Å². The third-order valence-corrected chi connectivity index (χ3v) is 5.27. The van der Waals surface area contributed by atoms with Gasteiger partial charge in [-0.25, -0.2) is 4.63 Å². The molecular formula is C21H25N5O4. The third-order valence-electron chi connectivity index (χ3n) is 5.27. The van der Waals surface area contributed by atoms with Crippen LogP contribution in [0.5, 0.6) is 11.5 Å². The number of carbonyl (C=O) groups is 1. The normalized spacial score (nSPS) is 15.3. The first-order valence-electron chi connectivity index (χ1n) is 9.83. The number of aromatic nitrogens is 2. The summed E-state index contributed by atoms with van der Waals surface area (Å²) in [4.78, 5) is 17.0. The second kappa shape index (κ2) is 9.10. The molecule has 0 aliphatic carbocycles. The van der Waals surface area contributed by atoms with Crippen molar-refractivity contribution in [2.75, 3.05) is 52.3 Å². The van der Waals surface area contributed by atoms with E-state index >= 15 is 0 Å². The van der Waals surface area contributed by atoms with Gasteiger partial charge in [-0.05, 0) is 40.6 Å². The Morgan fingerprint density at radius 3 is 2.63 bits per heavy atom. The van der Waals surface area contributed by atoms with Crippen LogP contribution in [0, 0.1) is 0 Å². The van der Waals surface area contributed by atoms with Crippen molar-refractivity contribution in [1.29, 1.82) is 0 Å². The van der Waals surface area contributed by atoms with E-state index in [1.165, 1.54) is 0 Å². The van der Waals surface area contributed by atoms with Gasteiger partial charge in [0.2, 0.25) is 5.91 Å². The second-order valence-corrected chi connectivity index (χ2v) is 7.22. The number of carbonyl (C=O) groups excluding carboxylic acids is 1. The molecule has 9 nitrogen and oxygen atoms in total. The molecule has 1 N–H and O–H groups in total. The molecule has 1 aromatic heterocycles. The molecule has 0 saturated carbocycles. The fourth-order valence-electron chi connectivity index (χ4n) is 3.65. The van der Waals surface area contributed by atoms with Crippen molar-refractivity contribution in [2.45, 2.75) is 6.54 Å². The predicted molar refractivity (Wildman–Crippen MR) is 112 cm³/mol. The fourth-order valence-corrected chi connectivity index (χ4v) is 3.65. The number of fused-ring (bicyclic) bond motifs is 1. The van der Waals surface area contributed by atoms with Gasteiger partial charge in [0.05, 0.1) is 26.5 Å². The quantitative estimate of drug-likeness (QED) is 0.631. The summed E-state index contributed by atoms with van der Waals surface area (Å²) in [5, 5.41) is 10.6. The Balaban J connectivity index is 1.30. The highest BCUT2D eigenvalue weighted by molar-refractivity contribution is 5.99. The van der Waals surface area contributed by atoms with Crippen LogP contribution in [0.4, 0.5) is 5.69 Å². The van der Waals surface area contributed by atoms with Crippen molar-refractivity contribution in [2.24, 2.45) is 0 Å². The molecule has 1 fully saturated rings. The van der Waals surface area contributed by atoms with Gasteiger partial charge in [-0.15, -0.1) is 0 Å². The van der Waals surface area contributed by atoms with Crippen LogP contribution in [-0.4, -0.2) is 73.0 Å². The summed E-state index contributed by atoms with van der Waals surface area (Å²) in [5.41, 5.74) is 2.89. The van der Waals surface area contributed by atoms with E-state index in [1.807, 2.05) is 24.3 Å². The molecule has 158 valence electrons. The lowest BCUT2D eigenvalue weighted by Crippen LogP contribution is -2.48. The molecular weight excluding hydrogens is 386 g/mol. The van der Waals surface area contributed by atoms with Gasteiger partial charge in [0, 0.05) is 38.3 Å². The molecule has 1 aliphatic heterocycles. The van der Waals surface area contributed by atoms with E-state index in [0.29, 0.717) is 23.3 Å². The van der Waals surface area contributed by atoms with E-state index in [4.69, 9.17) is 14.1 Å². The summed E-state index contributed by atoms with van der Waals surface area (Å²) in [6, 6.07) is 11.2. The van der Waals surface area contributed by atoms with Crippen LogP contribution < -0.4 is 14.8 Å². The van der Waals surface area contributed by atoms with Crippen molar-refractivity contribution in [3.63, 3.8) is 0 Å². The summed E-state index contributed by atoms with van der Waals surface area (Å²) < 4.78 is 15.6. The highest BCUT2D eigenvalue weighted by atomic mass is 16.6. The molecule has 0 bridgehead atoms. The lowest BCUT2D eigenvalue weighted by Gasteiger charge is -2.34. The Morgan fingerprint density at radius 1 is 1.07 bits per heavy atom. The smallest absolute Gasteiger partial charge is 0.238 e. The van der Waals surface area contributed by atoms with Crippen molar-refractivity contribution >= 4 is 22.6 Å². The molecule has 1 saturated heterocycles. The van der Waals surface area contributed by atoms with E-state index in [2.05, 4.69) is 25.4 Å². The number of amides is 1. The van der Waals surface area contributed by atoms with E-state index in [1.54, 1.807) is 26.4 Å². The van der Waals surface area contributed by atoms with E-state index in [9.17, 15) is 4.79 Å². The highest BCUT2D eigenvalue weighted by Gasteiger charge is 2.21. The number of methoxy groups -OCH3 is 2. The number of hydrogen-bond donors (Lipinski definition) is 1. The second-order valence-electron chi connectivity index (χ2n) is 7.22. The number of hydrogen-bond acceptors (Lipinski definition) is 8. The third kappa shape index (κ3) is 4.52. The van der Waals surface area contributed by atoms with Gasteiger partial charge in [-0.1, -0.05) is 6.07 Å². The largest absolute Gasteiger partial charge is 0.497 e. The maximum atomic E-state index is 12.5. The number of ether oxygens (including phenoxy) is 2. The van der Waals surface area contributed by atoms with Crippen LogP contribution in [0.25, 0.3) is 11.0 Å². The van der Waals surface area contributed by atoms with Gasteiger partial charge in [-0.3, -0.25) is 14.6 Å². The molecule has 1 aliphatic rings. The van der Waals surface area contributed by atoms with Gasteiger partial charge in [-0.2, -0.15) is 0 Å². The van der Waals surface area contributed by atoms with Crippen molar-refractivity contribution < 1.29 is 18.9 Å². The van der Waals surface area contributed by atoms with Crippen LogP contribution in [0.15, 0.2) is 41.0 Å². The first-order chi connectivity index (χ1) is 14.7. The van der Waals surface area contributed by atoms with Crippen molar-refractivity contribution in [3.8, 4) is 11.5 Å². The Labute approximate surface area is 174 Å². The van der Waals surface area contributed by atoms with Gasteiger partial charge < -0.3 is 14.8 Å². The zero-order valence-electron chi connectivity index (χ0n) is 17.1. The lowest BCUT2D eigenvalue weighted by atomic mass is 10.1. The maximum Gasteiger partial charge on any atom is 0.238 e. The molecule has 2 heterocycles. The molecule has 30 heavy (non-hydrogen) atoms. The van der Waals surface area contributed by atoms with Crippen LogP contribution >= 0.6 is 0 Å². The summed E-state index contributed by atoms with van der Waals surface area (Å²) in [7, 11) is 3.34. The zero-order chi connectivity index (χ0) is 20.9. The first-order valence-corrected chi connectivity index (χ1v) is 9.83. The number of rotatable bonds is 7. The number of anilines is 1. The van der Waals surface area contributed by atoms with Crippen LogP contribution in [0.1, 0.15) is 5.56 Å². The summed E-state index contributed by atoms with van der Waals surface area (Å²) >= 11 is 0. The molecule has 3 aromatic rings. The van der Waals surface area contributed by atoms with Crippen LogP contribution in [-0.2, 0) is 11.3 Å². The molecule has 2 aromatic carbocycles. The Kier molecular flexibility index (Phi) is 6.10. The molecule has 9 heteroatoms. The summed E-state index contributed by atoms with van der Waals surface area (Å²) in [5.74, 6) is 1.60. The molecule has 0 radical (unpaired) electrons. The van der Waals surface area contributed by atoms with Crippen LogP contribution in [0.3, 0.4) is 0 Å². The van der Waals surface area contributed by atoms with E-state index in [-0.39, 0.29) is 5.91 Å². The molecule has 4 rings (SSSR count). The average molecular weight is 411 g/mol. The Hall–Kier alpha value is -3.17.